The van der Waals surface area contributed by atoms with Crippen molar-refractivity contribution < 1.29 is 106 Å². The molecule has 0 heterocycles. The van der Waals surface area contributed by atoms with E-state index >= 15 is 0 Å². The van der Waals surface area contributed by atoms with E-state index < -0.39 is 253 Å². The van der Waals surface area contributed by atoms with Crippen LogP contribution in [0, 0.1) is 11.8 Å². The zero-order valence-corrected chi connectivity index (χ0v) is 74.3. The fraction of sp³-hybridized carbons (Fsp3) is 0.744. The van der Waals surface area contributed by atoms with Crippen molar-refractivity contribution in [2.75, 3.05) is 59.0 Å². The van der Waals surface area contributed by atoms with Gasteiger partial charge in [-0.3, -0.25) is 96.1 Å². The molecule has 49 nitrogen and oxygen atoms in total. The summed E-state index contributed by atoms with van der Waals surface area (Å²) in [5.74, 6) is -20.5. The van der Waals surface area contributed by atoms with Crippen molar-refractivity contribution in [1.29, 1.82) is 0 Å². The van der Waals surface area contributed by atoms with E-state index in [0.29, 0.717) is 44.9 Å². The number of nitrogens with two attached hydrogens (primary N) is 10. The molecule has 0 spiro atoms. The molecule has 0 fully saturated rings. The van der Waals surface area contributed by atoms with Gasteiger partial charge in [0, 0.05) is 19.9 Å². The molecule has 18 amide bonds. The number of carboxylic acid groups (broad SMARTS) is 1. The number of rotatable bonds is 69. The second kappa shape index (κ2) is 64.6. The average Bonchev–Trinajstić information content (AvgIpc) is 0.847. The van der Waals surface area contributed by atoms with Gasteiger partial charge in [-0.2, -0.15) is 0 Å². The highest BCUT2D eigenvalue weighted by atomic mass is 16.4. The number of hydrogen-bond donors (Lipinski definition) is 29. The summed E-state index contributed by atoms with van der Waals surface area (Å²) in [7, 11) is 0. The van der Waals surface area contributed by atoms with Crippen molar-refractivity contribution in [2.45, 2.75) is 300 Å². The molecular weight excluding hydrogens is 1670 g/mol. The molecule has 16 atom stereocenters. The zero-order valence-electron chi connectivity index (χ0n) is 74.3. The SMILES string of the molecule is CC(=O)N[C@@H](CO)C(=O)N[C@@H](CCCN=C(N)N)C(=O)NCC(=O)N[C@@H](CCCCN)C(=O)N[C@@H](C)C(=O)N[C@@H](CCCCN)C(=O)N[C@H](C(=O)N[C@@H](CCCCN)C(=O)N[C@@H](C)C(=O)N[C@@H](CCCCN)C(=O)N[C@H](C(=O)N[C@@H](CCCCN)C(=O)N[C@@H](CC(=O)O)C(=O)N[C@@H](CCC(N)=O)C(=O)N[C@H](C(=O)N[C@@H](CCCCN)C(N)=O)[C@@H](C)O)C(C)C)C(C)C. The van der Waals surface area contributed by atoms with Gasteiger partial charge in [-0.1, -0.05) is 27.7 Å². The number of nitrogens with one attached hydrogen (secondary N) is 16. The van der Waals surface area contributed by atoms with Gasteiger partial charge in [0.15, 0.2) is 5.96 Å². The summed E-state index contributed by atoms with van der Waals surface area (Å²) >= 11 is 0. The van der Waals surface area contributed by atoms with Gasteiger partial charge in [0.05, 0.1) is 25.7 Å². The maximum absolute atomic E-state index is 14.5. The van der Waals surface area contributed by atoms with E-state index in [-0.39, 0.29) is 135 Å². The number of guanidine groups is 1. The molecule has 0 unspecified atom stereocenters. The van der Waals surface area contributed by atoms with E-state index in [9.17, 15) is 106 Å². The minimum absolute atomic E-state index is 0.000933. The number of aliphatic imine (C=N–C) groups is 1. The second-order valence-corrected chi connectivity index (χ2v) is 31.6. The first kappa shape index (κ1) is 116. The first-order valence-electron chi connectivity index (χ1n) is 43.0. The normalized spacial score (nSPS) is 14.9. The van der Waals surface area contributed by atoms with Crippen molar-refractivity contribution in [2.24, 2.45) is 74.2 Å². The smallest absolute Gasteiger partial charge is 0.305 e. The summed E-state index contributed by atoms with van der Waals surface area (Å²) in [6, 6.07) is -22.4. The number of carbonyl (C=O) groups excluding carboxylic acids is 18. The summed E-state index contributed by atoms with van der Waals surface area (Å²) in [6.07, 6.45) is -0.282. The lowest BCUT2D eigenvalue weighted by Gasteiger charge is -2.29. The van der Waals surface area contributed by atoms with E-state index in [1.54, 1.807) is 13.8 Å². The van der Waals surface area contributed by atoms with Gasteiger partial charge >= 0.3 is 5.97 Å². The van der Waals surface area contributed by atoms with Crippen molar-refractivity contribution in [1.82, 2.24) is 85.1 Å². The van der Waals surface area contributed by atoms with Gasteiger partial charge in [0.2, 0.25) is 106 Å². The van der Waals surface area contributed by atoms with Crippen LogP contribution in [0.2, 0.25) is 0 Å². The molecule has 0 aromatic rings. The summed E-state index contributed by atoms with van der Waals surface area (Å²) < 4.78 is 0. The predicted molar refractivity (Wildman–Crippen MR) is 465 cm³/mol. The third-order valence-corrected chi connectivity index (χ3v) is 19.8. The Morgan fingerprint density at radius 2 is 0.606 bits per heavy atom. The van der Waals surface area contributed by atoms with Crippen LogP contribution < -0.4 is 142 Å². The van der Waals surface area contributed by atoms with Crippen LogP contribution in [0.1, 0.15) is 203 Å². The van der Waals surface area contributed by atoms with Crippen LogP contribution in [-0.2, 0) is 91.1 Å². The average molecular weight is 1810 g/mol. The quantitative estimate of drug-likeness (QED) is 0.0153. The number of amides is 18. The van der Waals surface area contributed by atoms with Crippen LogP contribution in [0.4, 0.5) is 0 Å². The predicted octanol–water partition coefficient (Wildman–Crippen LogP) is -10.8. The van der Waals surface area contributed by atoms with Gasteiger partial charge in [0.1, 0.15) is 90.6 Å². The zero-order chi connectivity index (χ0) is 96.6. The number of hydrogen-bond acceptors (Lipinski definition) is 28. The minimum atomic E-state index is -2.02. The Morgan fingerprint density at radius 1 is 0.315 bits per heavy atom. The summed E-state index contributed by atoms with van der Waals surface area (Å²) in [6.45, 7) is 10.7. The maximum atomic E-state index is 14.5. The first-order chi connectivity index (χ1) is 59.9. The van der Waals surface area contributed by atoms with Crippen LogP contribution in [-0.4, -0.2) is 289 Å². The number of nitrogens with zero attached hydrogens (tertiary/aromatic N) is 1. The van der Waals surface area contributed by atoms with Crippen LogP contribution in [0.25, 0.3) is 0 Å². The Bertz CT molecular complexity index is 3580. The molecular formula is C78H145N27O22. The molecule has 0 radical (unpaired) electrons. The van der Waals surface area contributed by atoms with Crippen LogP contribution in [0.5, 0.6) is 0 Å². The number of aliphatic carboxylic acids is 1. The molecule has 724 valence electrons. The Kier molecular flexibility index (Phi) is 58.9. The molecule has 0 aromatic heterocycles. The molecule has 0 bridgehead atoms. The third-order valence-electron chi connectivity index (χ3n) is 19.8. The van der Waals surface area contributed by atoms with E-state index in [0.717, 1.165) is 13.8 Å². The van der Waals surface area contributed by atoms with Crippen molar-refractivity contribution in [3.05, 3.63) is 0 Å². The Balaban J connectivity index is 6.90. The maximum Gasteiger partial charge on any atom is 0.305 e. The van der Waals surface area contributed by atoms with Gasteiger partial charge in [0.25, 0.3) is 0 Å². The summed E-state index contributed by atoms with van der Waals surface area (Å²) in [5, 5.41) is 69.9. The van der Waals surface area contributed by atoms with E-state index in [1.165, 1.54) is 27.7 Å². The van der Waals surface area contributed by atoms with Crippen LogP contribution in [0.15, 0.2) is 4.99 Å². The van der Waals surface area contributed by atoms with E-state index in [2.05, 4.69) is 90.1 Å². The number of aliphatic hydroxyl groups excluding tert-OH is 2. The van der Waals surface area contributed by atoms with Gasteiger partial charge in [-0.15, -0.1) is 0 Å². The van der Waals surface area contributed by atoms with Crippen LogP contribution in [0.3, 0.4) is 0 Å². The minimum Gasteiger partial charge on any atom is -0.481 e. The Labute approximate surface area is 739 Å². The lowest BCUT2D eigenvalue weighted by Crippen LogP contribution is -2.62. The largest absolute Gasteiger partial charge is 0.481 e. The monoisotopic (exact) mass is 1810 g/mol. The molecule has 49 heteroatoms. The molecule has 0 rings (SSSR count). The molecule has 0 saturated heterocycles. The Morgan fingerprint density at radius 3 is 0.945 bits per heavy atom. The van der Waals surface area contributed by atoms with E-state index in [4.69, 9.17) is 57.3 Å². The van der Waals surface area contributed by atoms with Crippen molar-refractivity contribution in [3.8, 4) is 0 Å². The highest BCUT2D eigenvalue weighted by Crippen LogP contribution is 2.15. The van der Waals surface area contributed by atoms with Crippen LogP contribution >= 0.6 is 0 Å². The molecule has 0 saturated carbocycles. The van der Waals surface area contributed by atoms with E-state index in [1.807, 2.05) is 0 Å². The van der Waals surface area contributed by atoms with Gasteiger partial charge in [-0.25, -0.2) is 0 Å². The standard InChI is InChI=1S/C78H145N27O22/c1-41(2)60(103-70(120)52(26-13-19-35-83)96-64(114)43(5)91-67(117)49(23-10-16-32-80)94-58(110)39-90-66(116)48(28-21-37-89-78(87)88)98-74(124)56(40-106)93-46(8)108)75(125)100-50(24-11-17-33-81)68(118)92-44(6)65(115)97-53(27-14-20-36-84)71(121)104-61(42(3)4)76(126)101-51(25-12-18-34-82)69(119)102-55(38-59(111)112)73(123)99-54(29-30-57(85)109)72(122)105-62(45(7)107)77(127)95-47(63(86)113)22-9-15-31-79/h41-45,47-56,60-62,106-107H,9-40,79-84H2,1-8H3,(H2,85,109)(H2,86,113)(H,90,116)(H,91,117)(H,92,118)(H,93,108)(H,94,110)(H,95,127)(H,96,114)(H,97,115)(H,98,124)(H,99,123)(H,100,125)(H,101,126)(H,102,119)(H,103,120)(H,104,121)(H,105,122)(H,111,112)(H4,87,88,89)/t43-,44-,45+,47-,48-,49-,50-,51-,52-,53-,54-,55-,56-,60-,61-,62-/m0/s1. The van der Waals surface area contributed by atoms with Gasteiger partial charge < -0.3 is 158 Å². The fourth-order valence-electron chi connectivity index (χ4n) is 12.5. The van der Waals surface area contributed by atoms with Gasteiger partial charge in [-0.05, 0) is 207 Å². The number of carboxylic acids is 1. The number of aliphatic hydroxyl groups is 2. The first-order valence-corrected chi connectivity index (χ1v) is 43.0. The number of unbranched alkanes of at least 4 members (excludes halogenated alkanes) is 6. The molecule has 0 aromatic carbocycles. The molecule has 0 aliphatic rings. The van der Waals surface area contributed by atoms with Crippen molar-refractivity contribution in [3.63, 3.8) is 0 Å². The summed E-state index contributed by atoms with van der Waals surface area (Å²) in [4.78, 5) is 262. The molecule has 0 aliphatic carbocycles. The topological polar surface area (TPSA) is 850 Å². The fourth-order valence-corrected chi connectivity index (χ4v) is 12.5. The molecule has 0 aliphatic heterocycles. The second-order valence-electron chi connectivity index (χ2n) is 31.6. The number of carbonyl (C=O) groups is 19. The highest BCUT2D eigenvalue weighted by Gasteiger charge is 2.40. The lowest BCUT2D eigenvalue weighted by atomic mass is 10.00. The Hall–Kier alpha value is -11.1. The summed E-state index contributed by atoms with van der Waals surface area (Å²) in [5.41, 5.74) is 56.1. The van der Waals surface area contributed by atoms with Crippen molar-refractivity contribution >= 4 is 118 Å². The molecule has 127 heavy (non-hydrogen) atoms. The third kappa shape index (κ3) is 48.4. The highest BCUT2D eigenvalue weighted by molar-refractivity contribution is 6.01. The number of primary amides is 2. The lowest BCUT2D eigenvalue weighted by molar-refractivity contribution is -0.142. The molecule has 39 N–H and O–H groups in total.